The monoisotopic (exact) mass is 367 g/mol. The molecule has 2 aliphatic rings. The van der Waals surface area contributed by atoms with E-state index in [1.807, 2.05) is 19.9 Å². The van der Waals surface area contributed by atoms with E-state index in [9.17, 15) is 5.11 Å². The lowest BCUT2D eigenvalue weighted by Gasteiger charge is -2.37. The van der Waals surface area contributed by atoms with Crippen molar-refractivity contribution in [2.75, 3.05) is 13.7 Å². The third-order valence-electron chi connectivity index (χ3n) is 5.39. The average molecular weight is 367 g/mol. The Balaban J connectivity index is 1.88. The number of ether oxygens (including phenoxy) is 2. The number of rotatable bonds is 4. The number of aromatic nitrogens is 2. The standard InChI is InChI=1S/C21H25N3O3/c1-4-27-20-8-14-15-7-13(25)5-6-17(15)24-21(16(14)9-19(20)26-3)18-11-22-12(2)10-23-18/h8-11,13,15,17,25H,4-7H2,1-3H3/t13-,15-,17-/m1/s1. The fraction of sp³-hybridized carbons (Fsp3) is 0.476. The fourth-order valence-electron chi connectivity index (χ4n) is 4.09. The summed E-state index contributed by atoms with van der Waals surface area (Å²) in [6, 6.07) is 4.18. The number of hydrogen-bond donors (Lipinski definition) is 1. The number of aliphatic hydroxyl groups is 1. The highest BCUT2D eigenvalue weighted by atomic mass is 16.5. The summed E-state index contributed by atoms with van der Waals surface area (Å²) < 4.78 is 11.4. The van der Waals surface area contributed by atoms with Crippen LogP contribution in [0.1, 0.15) is 54.6 Å². The van der Waals surface area contributed by atoms with Crippen molar-refractivity contribution >= 4 is 5.71 Å². The van der Waals surface area contributed by atoms with Gasteiger partial charge in [0.15, 0.2) is 11.5 Å². The molecule has 1 aliphatic carbocycles. The van der Waals surface area contributed by atoms with Crippen LogP contribution in [0.4, 0.5) is 0 Å². The molecule has 1 N–H and O–H groups in total. The molecule has 6 heteroatoms. The first-order valence-corrected chi connectivity index (χ1v) is 9.50. The summed E-state index contributed by atoms with van der Waals surface area (Å²) in [6.07, 6.45) is 5.61. The van der Waals surface area contributed by atoms with E-state index in [2.05, 4.69) is 16.0 Å². The Hall–Kier alpha value is -2.47. The summed E-state index contributed by atoms with van der Waals surface area (Å²) in [5.74, 6) is 1.59. The molecule has 2 aromatic rings. The van der Waals surface area contributed by atoms with Gasteiger partial charge in [-0.15, -0.1) is 0 Å². The highest BCUT2D eigenvalue weighted by molar-refractivity contribution is 6.13. The molecule has 0 spiro atoms. The highest BCUT2D eigenvalue weighted by Gasteiger charge is 2.37. The first kappa shape index (κ1) is 17.9. The molecule has 1 fully saturated rings. The number of aliphatic imine (C=N–C) groups is 1. The Labute approximate surface area is 159 Å². The van der Waals surface area contributed by atoms with Crippen molar-refractivity contribution in [2.45, 2.75) is 51.2 Å². The van der Waals surface area contributed by atoms with Crippen molar-refractivity contribution in [1.29, 1.82) is 0 Å². The van der Waals surface area contributed by atoms with Crippen molar-refractivity contribution in [3.8, 4) is 11.5 Å². The van der Waals surface area contributed by atoms with Crippen molar-refractivity contribution in [1.82, 2.24) is 9.97 Å². The Kier molecular flexibility index (Phi) is 4.83. The van der Waals surface area contributed by atoms with Gasteiger partial charge in [0.1, 0.15) is 5.69 Å². The Bertz CT molecular complexity index is 864. The lowest BCUT2D eigenvalue weighted by atomic mass is 9.74. The third-order valence-corrected chi connectivity index (χ3v) is 5.39. The molecular formula is C21H25N3O3. The van der Waals surface area contributed by atoms with Gasteiger partial charge >= 0.3 is 0 Å². The van der Waals surface area contributed by atoms with E-state index in [-0.39, 0.29) is 18.1 Å². The van der Waals surface area contributed by atoms with Crippen LogP contribution < -0.4 is 9.47 Å². The second-order valence-corrected chi connectivity index (χ2v) is 7.18. The van der Waals surface area contributed by atoms with Crippen LogP contribution in [0.15, 0.2) is 29.5 Å². The predicted molar refractivity (Wildman–Crippen MR) is 103 cm³/mol. The summed E-state index contributed by atoms with van der Waals surface area (Å²) >= 11 is 0. The molecule has 6 nitrogen and oxygen atoms in total. The minimum atomic E-state index is -0.285. The lowest BCUT2D eigenvalue weighted by Crippen LogP contribution is -2.34. The summed E-state index contributed by atoms with van der Waals surface area (Å²) in [5.41, 5.74) is 4.62. The molecule has 4 rings (SSSR count). The average Bonchev–Trinajstić information content (AvgIpc) is 2.68. The number of nitrogens with zero attached hydrogens (tertiary/aromatic N) is 3. The highest BCUT2D eigenvalue weighted by Crippen LogP contribution is 2.44. The quantitative estimate of drug-likeness (QED) is 0.899. The van der Waals surface area contributed by atoms with Crippen LogP contribution in [0, 0.1) is 6.92 Å². The lowest BCUT2D eigenvalue weighted by molar-refractivity contribution is 0.111. The van der Waals surface area contributed by atoms with Gasteiger partial charge in [0.05, 0.1) is 43.5 Å². The molecule has 0 bridgehead atoms. The van der Waals surface area contributed by atoms with Crippen molar-refractivity contribution in [2.24, 2.45) is 4.99 Å². The van der Waals surface area contributed by atoms with E-state index < -0.39 is 0 Å². The molecule has 1 aliphatic heterocycles. The van der Waals surface area contributed by atoms with Crippen LogP contribution in [-0.2, 0) is 0 Å². The zero-order valence-corrected chi connectivity index (χ0v) is 16.0. The molecular weight excluding hydrogens is 342 g/mol. The van der Waals surface area contributed by atoms with Gasteiger partial charge in [-0.1, -0.05) is 0 Å². The molecule has 142 valence electrons. The van der Waals surface area contributed by atoms with Crippen LogP contribution in [0.3, 0.4) is 0 Å². The van der Waals surface area contributed by atoms with Gasteiger partial charge in [0, 0.05) is 17.7 Å². The van der Waals surface area contributed by atoms with Crippen LogP contribution in [0.5, 0.6) is 11.5 Å². The van der Waals surface area contributed by atoms with E-state index in [4.69, 9.17) is 14.5 Å². The topological polar surface area (TPSA) is 76.8 Å². The van der Waals surface area contributed by atoms with E-state index >= 15 is 0 Å². The van der Waals surface area contributed by atoms with Crippen LogP contribution in [0.25, 0.3) is 0 Å². The maximum Gasteiger partial charge on any atom is 0.161 e. The van der Waals surface area contributed by atoms with Crippen molar-refractivity contribution in [3.63, 3.8) is 0 Å². The van der Waals surface area contributed by atoms with E-state index in [0.29, 0.717) is 18.8 Å². The maximum absolute atomic E-state index is 10.2. The van der Waals surface area contributed by atoms with Gasteiger partial charge in [-0.25, -0.2) is 0 Å². The fourth-order valence-corrected chi connectivity index (χ4v) is 4.09. The van der Waals surface area contributed by atoms with E-state index in [0.717, 1.165) is 46.8 Å². The molecule has 0 radical (unpaired) electrons. The van der Waals surface area contributed by atoms with Gasteiger partial charge in [0.25, 0.3) is 0 Å². The summed E-state index contributed by atoms with van der Waals surface area (Å²) in [6.45, 7) is 4.44. The van der Waals surface area contributed by atoms with Gasteiger partial charge in [0.2, 0.25) is 0 Å². The molecule has 0 amide bonds. The summed E-state index contributed by atoms with van der Waals surface area (Å²) in [4.78, 5) is 14.0. The predicted octanol–water partition coefficient (Wildman–Crippen LogP) is 3.04. The second-order valence-electron chi connectivity index (χ2n) is 7.18. The molecule has 0 saturated heterocycles. The molecule has 0 unspecified atom stereocenters. The van der Waals surface area contributed by atoms with Gasteiger partial charge < -0.3 is 14.6 Å². The molecule has 2 heterocycles. The first-order valence-electron chi connectivity index (χ1n) is 9.50. The van der Waals surface area contributed by atoms with Crippen LogP contribution in [0.2, 0.25) is 0 Å². The molecule has 1 aromatic heterocycles. The smallest absolute Gasteiger partial charge is 0.161 e. The number of hydrogen-bond acceptors (Lipinski definition) is 6. The van der Waals surface area contributed by atoms with Gasteiger partial charge in [-0.2, -0.15) is 0 Å². The van der Waals surface area contributed by atoms with Crippen LogP contribution >= 0.6 is 0 Å². The maximum atomic E-state index is 10.2. The molecule has 3 atom stereocenters. The Morgan fingerprint density at radius 1 is 1.15 bits per heavy atom. The number of aryl methyl sites for hydroxylation is 1. The molecule has 1 aromatic carbocycles. The van der Waals surface area contributed by atoms with Crippen molar-refractivity contribution < 1.29 is 14.6 Å². The van der Waals surface area contributed by atoms with Crippen LogP contribution in [-0.4, -0.2) is 46.6 Å². The summed E-state index contributed by atoms with van der Waals surface area (Å²) in [7, 11) is 1.64. The molecule has 27 heavy (non-hydrogen) atoms. The van der Waals surface area contributed by atoms with Gasteiger partial charge in [-0.05, 0) is 50.8 Å². The largest absolute Gasteiger partial charge is 0.493 e. The zero-order chi connectivity index (χ0) is 19.0. The minimum Gasteiger partial charge on any atom is -0.493 e. The normalized spacial score (nSPS) is 23.9. The Morgan fingerprint density at radius 2 is 2.00 bits per heavy atom. The zero-order valence-electron chi connectivity index (χ0n) is 16.0. The second kappa shape index (κ2) is 7.27. The number of fused-ring (bicyclic) bond motifs is 3. The number of aliphatic hydroxyl groups excluding tert-OH is 1. The Morgan fingerprint density at radius 3 is 2.70 bits per heavy atom. The third kappa shape index (κ3) is 3.30. The summed E-state index contributed by atoms with van der Waals surface area (Å²) in [5, 5.41) is 10.2. The van der Waals surface area contributed by atoms with Gasteiger partial charge in [-0.3, -0.25) is 15.0 Å². The molecule has 1 saturated carbocycles. The first-order chi connectivity index (χ1) is 13.1. The van der Waals surface area contributed by atoms with E-state index in [1.165, 1.54) is 0 Å². The number of methoxy groups -OCH3 is 1. The van der Waals surface area contributed by atoms with Crippen molar-refractivity contribution in [3.05, 3.63) is 47.0 Å². The SMILES string of the molecule is CCOc1cc2c(cc1OC)C(c1cnc(C)cn1)=N[C@@H]1CC[C@@H](O)C[C@H]21. The van der Waals surface area contributed by atoms with E-state index in [1.54, 1.807) is 19.5 Å². The minimum absolute atomic E-state index is 0.141. The number of benzene rings is 1.